The lowest BCUT2D eigenvalue weighted by Crippen LogP contribution is -2.41. The van der Waals surface area contributed by atoms with Crippen LogP contribution in [0.4, 0.5) is 10.6 Å². The predicted molar refractivity (Wildman–Crippen MR) is 135 cm³/mol. The van der Waals surface area contributed by atoms with Crippen LogP contribution in [0.3, 0.4) is 0 Å². The molecule has 0 aliphatic rings. The topological polar surface area (TPSA) is 96.5 Å². The van der Waals surface area contributed by atoms with Gasteiger partial charge in [-0.05, 0) is 40.5 Å². The number of ether oxygens (including phenoxy) is 1. The smallest absolute Gasteiger partial charge is 0.410 e. The van der Waals surface area contributed by atoms with Crippen molar-refractivity contribution in [2.45, 2.75) is 73.3 Å². The van der Waals surface area contributed by atoms with Gasteiger partial charge in [0, 0.05) is 32.8 Å². The summed E-state index contributed by atoms with van der Waals surface area (Å²) in [5, 5.41) is 6.04. The second kappa shape index (κ2) is 18.3. The molecule has 184 valence electrons. The minimum atomic E-state index is -0.588. The molecule has 0 saturated carbocycles. The van der Waals surface area contributed by atoms with Gasteiger partial charge in [-0.1, -0.05) is 32.6 Å². The van der Waals surface area contributed by atoms with E-state index < -0.39 is 11.7 Å². The largest absolute Gasteiger partial charge is 0.444 e. The summed E-state index contributed by atoms with van der Waals surface area (Å²) in [6, 6.07) is 0. The molecular weight excluding hydrogens is 418 g/mol. The maximum atomic E-state index is 11.9. The number of hydrogen-bond acceptors (Lipinski definition) is 6. The Bertz CT molecular complexity index is 789. The number of unbranched alkanes of at least 4 members (excludes halogenated alkanes) is 1. The van der Waals surface area contributed by atoms with Crippen LogP contribution >= 0.6 is 0 Å². The second-order valence-corrected chi connectivity index (χ2v) is 7.70. The first kappa shape index (κ1) is 31.9. The Morgan fingerprint density at radius 1 is 1.21 bits per heavy atom. The van der Waals surface area contributed by atoms with E-state index in [1.807, 2.05) is 20.8 Å². The van der Waals surface area contributed by atoms with Crippen LogP contribution in [0.15, 0.2) is 6.20 Å². The standard InChI is InChI=1S/C21H33N5O3.C2H6.C2H2/c1-7-12-23-19-17(14-24-16(2)25-19)11-9-8-10-13-22-18(27)15-26(6)20(28)29-21(3,4)5;2*1-2/h14H,7-8,10,12-13,15H2,1-6H3,(H,22,27)(H,23,24,25);1-2H3;1-2H. The van der Waals surface area contributed by atoms with Gasteiger partial charge in [0.15, 0.2) is 0 Å². The number of rotatable bonds is 8. The summed E-state index contributed by atoms with van der Waals surface area (Å²) >= 11 is 0. The van der Waals surface area contributed by atoms with Crippen molar-refractivity contribution in [2.75, 3.05) is 32.0 Å². The van der Waals surface area contributed by atoms with E-state index in [2.05, 4.69) is 52.2 Å². The third kappa shape index (κ3) is 16.1. The van der Waals surface area contributed by atoms with Gasteiger partial charge < -0.3 is 20.3 Å². The Balaban J connectivity index is 0. The zero-order chi connectivity index (χ0) is 25.9. The molecule has 8 heteroatoms. The highest BCUT2D eigenvalue weighted by molar-refractivity contribution is 5.82. The highest BCUT2D eigenvalue weighted by Crippen LogP contribution is 2.10. The van der Waals surface area contributed by atoms with Crippen molar-refractivity contribution >= 4 is 17.8 Å². The normalized spacial score (nSPS) is 9.52. The zero-order valence-electron chi connectivity index (χ0n) is 21.5. The summed E-state index contributed by atoms with van der Waals surface area (Å²) in [5.41, 5.74) is 0.182. The van der Waals surface area contributed by atoms with Crippen molar-refractivity contribution in [3.8, 4) is 24.7 Å². The maximum absolute atomic E-state index is 11.9. The summed E-state index contributed by atoms with van der Waals surface area (Å²) in [4.78, 5) is 33.6. The van der Waals surface area contributed by atoms with Gasteiger partial charge in [-0.3, -0.25) is 4.79 Å². The monoisotopic (exact) mass is 459 g/mol. The average Bonchev–Trinajstić information content (AvgIpc) is 2.77. The third-order valence-electron chi connectivity index (χ3n) is 3.56. The van der Waals surface area contributed by atoms with Crippen LogP contribution in [0.5, 0.6) is 0 Å². The number of carbonyl (C=O) groups excluding carboxylic acids is 2. The summed E-state index contributed by atoms with van der Waals surface area (Å²) in [6.45, 7) is 14.6. The van der Waals surface area contributed by atoms with Crippen LogP contribution in [0.25, 0.3) is 0 Å². The number of nitrogens with one attached hydrogen (secondary N) is 2. The molecule has 1 heterocycles. The number of hydrogen-bond donors (Lipinski definition) is 2. The number of terminal acetylenes is 1. The number of aromatic nitrogens is 2. The molecular formula is C25H41N5O3. The fourth-order valence-corrected chi connectivity index (χ4v) is 2.18. The molecule has 0 radical (unpaired) electrons. The number of nitrogens with zero attached hydrogens (tertiary/aromatic N) is 3. The van der Waals surface area contributed by atoms with E-state index in [4.69, 9.17) is 4.74 Å². The minimum Gasteiger partial charge on any atom is -0.444 e. The number of anilines is 1. The van der Waals surface area contributed by atoms with Gasteiger partial charge in [-0.15, -0.1) is 12.8 Å². The maximum Gasteiger partial charge on any atom is 0.410 e. The second-order valence-electron chi connectivity index (χ2n) is 7.70. The van der Waals surface area contributed by atoms with Crippen LogP contribution in [-0.2, 0) is 9.53 Å². The molecule has 0 fully saturated rings. The summed E-state index contributed by atoms with van der Waals surface area (Å²) in [5.74, 6) is 7.40. The number of likely N-dealkylation sites (N-methyl/N-ethyl adjacent to an activating group) is 1. The molecule has 33 heavy (non-hydrogen) atoms. The molecule has 0 aliphatic heterocycles. The first-order valence-electron chi connectivity index (χ1n) is 11.2. The first-order valence-corrected chi connectivity index (χ1v) is 11.2. The van der Waals surface area contributed by atoms with Gasteiger partial charge in [-0.25, -0.2) is 14.8 Å². The van der Waals surface area contributed by atoms with Gasteiger partial charge in [-0.2, -0.15) is 0 Å². The molecule has 0 atom stereocenters. The fraction of sp³-hybridized carbons (Fsp3) is 0.600. The Morgan fingerprint density at radius 3 is 2.42 bits per heavy atom. The Morgan fingerprint density at radius 2 is 1.85 bits per heavy atom. The third-order valence-corrected chi connectivity index (χ3v) is 3.56. The van der Waals surface area contributed by atoms with Crippen molar-refractivity contribution < 1.29 is 14.3 Å². The van der Waals surface area contributed by atoms with Crippen LogP contribution in [-0.4, -0.2) is 59.2 Å². The van der Waals surface area contributed by atoms with E-state index in [-0.39, 0.29) is 12.5 Å². The lowest BCUT2D eigenvalue weighted by atomic mass is 10.2. The van der Waals surface area contributed by atoms with Crippen LogP contribution < -0.4 is 10.6 Å². The molecule has 0 unspecified atom stereocenters. The summed E-state index contributed by atoms with van der Waals surface area (Å²) in [7, 11) is 1.53. The Hall–Kier alpha value is -3.26. The quantitative estimate of drug-likeness (QED) is 0.451. The molecule has 1 aromatic rings. The number of amides is 2. The van der Waals surface area contributed by atoms with E-state index in [0.29, 0.717) is 25.2 Å². The number of aryl methyl sites for hydroxylation is 1. The minimum absolute atomic E-state index is 0.0479. The SMILES string of the molecule is C#C.CC.CCCNc1nc(C)ncc1C#CCCCNC(=O)CN(C)C(=O)OC(C)(C)C. The lowest BCUT2D eigenvalue weighted by Gasteiger charge is -2.24. The van der Waals surface area contributed by atoms with Crippen molar-refractivity contribution in [3.05, 3.63) is 17.6 Å². The van der Waals surface area contributed by atoms with Crippen molar-refractivity contribution in [3.63, 3.8) is 0 Å². The number of carbonyl (C=O) groups is 2. The molecule has 8 nitrogen and oxygen atoms in total. The molecule has 1 aromatic heterocycles. The highest BCUT2D eigenvalue weighted by atomic mass is 16.6. The highest BCUT2D eigenvalue weighted by Gasteiger charge is 2.20. The van der Waals surface area contributed by atoms with Crippen LogP contribution in [0.2, 0.25) is 0 Å². The summed E-state index contributed by atoms with van der Waals surface area (Å²) < 4.78 is 5.21. The van der Waals surface area contributed by atoms with Crippen molar-refractivity contribution in [2.24, 2.45) is 0 Å². The Labute approximate surface area is 200 Å². The summed E-state index contributed by atoms with van der Waals surface area (Å²) in [6.07, 6.45) is 11.5. The van der Waals surface area contributed by atoms with E-state index in [1.165, 1.54) is 11.9 Å². The molecule has 0 aliphatic carbocycles. The molecule has 2 N–H and O–H groups in total. The molecule has 0 spiro atoms. The van der Waals surface area contributed by atoms with E-state index in [0.717, 1.165) is 24.3 Å². The molecule has 0 bridgehead atoms. The van der Waals surface area contributed by atoms with Crippen LogP contribution in [0, 0.1) is 31.6 Å². The Kier molecular flexibility index (Phi) is 17.7. The zero-order valence-corrected chi connectivity index (χ0v) is 21.5. The predicted octanol–water partition coefficient (Wildman–Crippen LogP) is 4.00. The first-order chi connectivity index (χ1) is 15.6. The fourth-order valence-electron chi connectivity index (χ4n) is 2.18. The van der Waals surface area contributed by atoms with E-state index >= 15 is 0 Å². The van der Waals surface area contributed by atoms with Gasteiger partial charge >= 0.3 is 6.09 Å². The van der Waals surface area contributed by atoms with E-state index in [1.54, 1.807) is 27.0 Å². The van der Waals surface area contributed by atoms with Gasteiger partial charge in [0.1, 0.15) is 23.8 Å². The van der Waals surface area contributed by atoms with Gasteiger partial charge in [0.05, 0.1) is 5.56 Å². The molecule has 1 rings (SSSR count). The molecule has 0 saturated heterocycles. The molecule has 0 aromatic carbocycles. The van der Waals surface area contributed by atoms with Crippen molar-refractivity contribution in [1.82, 2.24) is 20.2 Å². The lowest BCUT2D eigenvalue weighted by molar-refractivity contribution is -0.122. The average molecular weight is 460 g/mol. The van der Waals surface area contributed by atoms with E-state index in [9.17, 15) is 9.59 Å². The van der Waals surface area contributed by atoms with Crippen molar-refractivity contribution in [1.29, 1.82) is 0 Å². The van der Waals surface area contributed by atoms with Crippen LogP contribution in [0.1, 0.15) is 72.2 Å². The van der Waals surface area contributed by atoms with Gasteiger partial charge in [0.25, 0.3) is 0 Å². The molecule has 2 amide bonds. The van der Waals surface area contributed by atoms with Gasteiger partial charge in [0.2, 0.25) is 5.91 Å².